The average molecular weight is 415 g/mol. The first-order chi connectivity index (χ1) is 13.9. The highest BCUT2D eigenvalue weighted by Crippen LogP contribution is 2.27. The molecule has 1 aliphatic heterocycles. The normalized spacial score (nSPS) is 16.1. The van der Waals surface area contributed by atoms with Crippen molar-refractivity contribution in [3.63, 3.8) is 0 Å². The predicted octanol–water partition coefficient (Wildman–Crippen LogP) is 2.33. The van der Waals surface area contributed by atoms with E-state index in [0.29, 0.717) is 11.4 Å². The number of thiocarbonyl (C=S) groups is 1. The lowest BCUT2D eigenvalue weighted by Crippen LogP contribution is -2.41. The Morgan fingerprint density at radius 3 is 2.41 bits per heavy atom. The first-order valence-electron chi connectivity index (χ1n) is 8.72. The lowest BCUT2D eigenvalue weighted by molar-refractivity contribution is -0.141. The monoisotopic (exact) mass is 415 g/mol. The molecule has 1 atom stereocenters. The highest BCUT2D eigenvalue weighted by molar-refractivity contribution is 7.80. The van der Waals surface area contributed by atoms with E-state index in [9.17, 15) is 18.8 Å². The number of methoxy groups -OCH3 is 1. The number of carbonyl (C=O) groups is 3. The molecule has 1 aliphatic rings. The fourth-order valence-electron chi connectivity index (χ4n) is 2.95. The number of anilines is 2. The van der Waals surface area contributed by atoms with Crippen LogP contribution in [-0.4, -0.2) is 47.5 Å². The van der Waals surface area contributed by atoms with Crippen LogP contribution < -0.4 is 10.2 Å². The molecule has 1 heterocycles. The maximum absolute atomic E-state index is 13.3. The molecule has 2 aromatic rings. The number of esters is 1. The molecule has 1 N–H and O–H groups in total. The van der Waals surface area contributed by atoms with Crippen LogP contribution in [0.3, 0.4) is 0 Å². The summed E-state index contributed by atoms with van der Waals surface area (Å²) in [6.45, 7) is -0.290. The second-order valence-electron chi connectivity index (χ2n) is 6.27. The van der Waals surface area contributed by atoms with E-state index >= 15 is 0 Å². The van der Waals surface area contributed by atoms with Crippen LogP contribution >= 0.6 is 12.2 Å². The number of rotatable bonds is 6. The van der Waals surface area contributed by atoms with Crippen LogP contribution in [0.25, 0.3) is 0 Å². The Balaban J connectivity index is 1.84. The van der Waals surface area contributed by atoms with Gasteiger partial charge in [-0.3, -0.25) is 19.3 Å². The van der Waals surface area contributed by atoms with Gasteiger partial charge < -0.3 is 15.0 Å². The highest BCUT2D eigenvalue weighted by atomic mass is 32.1. The van der Waals surface area contributed by atoms with Gasteiger partial charge in [0.15, 0.2) is 5.11 Å². The van der Waals surface area contributed by atoms with Crippen molar-refractivity contribution in [1.82, 2.24) is 4.90 Å². The molecule has 1 saturated heterocycles. The SMILES string of the molecule is COC(=O)CN1C(=S)N(c2ccc(F)cc2)C(=O)[C@H]1CC(=O)Nc1ccccc1. The standard InChI is InChI=1S/C20H18FN3O4S/c1-28-18(26)12-23-16(11-17(25)22-14-5-3-2-4-6-14)19(27)24(20(23)29)15-9-7-13(21)8-10-15/h2-10,16H,11-12H2,1H3,(H,22,25)/t16-/m1/s1. The third-order valence-electron chi connectivity index (χ3n) is 4.37. The smallest absolute Gasteiger partial charge is 0.325 e. The van der Waals surface area contributed by atoms with E-state index in [0.717, 1.165) is 0 Å². The summed E-state index contributed by atoms with van der Waals surface area (Å²) in [5.74, 6) is -1.95. The number of halogens is 1. The van der Waals surface area contributed by atoms with Crippen LogP contribution in [0.1, 0.15) is 6.42 Å². The van der Waals surface area contributed by atoms with E-state index in [2.05, 4.69) is 10.1 Å². The minimum atomic E-state index is -0.990. The summed E-state index contributed by atoms with van der Waals surface area (Å²) >= 11 is 5.38. The molecule has 0 saturated carbocycles. The molecular formula is C20H18FN3O4S. The molecule has 3 rings (SSSR count). The van der Waals surface area contributed by atoms with Crippen LogP contribution in [0.5, 0.6) is 0 Å². The van der Waals surface area contributed by atoms with Gasteiger partial charge >= 0.3 is 5.97 Å². The Morgan fingerprint density at radius 1 is 1.14 bits per heavy atom. The van der Waals surface area contributed by atoms with Gasteiger partial charge in [-0.2, -0.15) is 0 Å². The summed E-state index contributed by atoms with van der Waals surface area (Å²) in [6.07, 6.45) is -0.220. The Bertz CT molecular complexity index is 937. The zero-order valence-corrected chi connectivity index (χ0v) is 16.3. The van der Waals surface area contributed by atoms with Crippen molar-refractivity contribution < 1.29 is 23.5 Å². The molecule has 29 heavy (non-hydrogen) atoms. The second-order valence-corrected chi connectivity index (χ2v) is 6.64. The van der Waals surface area contributed by atoms with Gasteiger partial charge in [0, 0.05) is 5.69 Å². The van der Waals surface area contributed by atoms with Crippen molar-refractivity contribution in [3.8, 4) is 0 Å². The summed E-state index contributed by atoms with van der Waals surface area (Å²) in [7, 11) is 1.22. The van der Waals surface area contributed by atoms with Crippen molar-refractivity contribution in [2.45, 2.75) is 12.5 Å². The molecule has 9 heteroatoms. The van der Waals surface area contributed by atoms with Gasteiger partial charge in [-0.15, -0.1) is 0 Å². The summed E-state index contributed by atoms with van der Waals surface area (Å²) in [5.41, 5.74) is 0.933. The van der Waals surface area contributed by atoms with Crippen molar-refractivity contribution in [1.29, 1.82) is 0 Å². The van der Waals surface area contributed by atoms with Gasteiger partial charge in [0.1, 0.15) is 18.4 Å². The number of para-hydroxylation sites is 1. The maximum Gasteiger partial charge on any atom is 0.325 e. The molecule has 0 radical (unpaired) electrons. The first kappa shape index (κ1) is 20.4. The third-order valence-corrected chi connectivity index (χ3v) is 4.78. The van der Waals surface area contributed by atoms with Crippen molar-refractivity contribution in [2.24, 2.45) is 0 Å². The van der Waals surface area contributed by atoms with Crippen LogP contribution in [0, 0.1) is 5.82 Å². The van der Waals surface area contributed by atoms with E-state index in [1.54, 1.807) is 24.3 Å². The fraction of sp³-hybridized carbons (Fsp3) is 0.200. The van der Waals surface area contributed by atoms with E-state index < -0.39 is 29.6 Å². The first-order valence-corrected chi connectivity index (χ1v) is 9.13. The zero-order valence-electron chi connectivity index (χ0n) is 15.5. The molecule has 0 bridgehead atoms. The van der Waals surface area contributed by atoms with E-state index in [1.807, 2.05) is 6.07 Å². The molecule has 0 unspecified atom stereocenters. The molecule has 0 spiro atoms. The van der Waals surface area contributed by atoms with Crippen LogP contribution in [0.2, 0.25) is 0 Å². The number of amides is 2. The van der Waals surface area contributed by atoms with E-state index in [4.69, 9.17) is 12.2 Å². The predicted molar refractivity (Wildman–Crippen MR) is 109 cm³/mol. The van der Waals surface area contributed by atoms with E-state index in [-0.39, 0.29) is 18.1 Å². The molecule has 0 aliphatic carbocycles. The molecule has 150 valence electrons. The Kier molecular flexibility index (Phi) is 6.18. The topological polar surface area (TPSA) is 79.0 Å². The van der Waals surface area contributed by atoms with Crippen molar-refractivity contribution in [3.05, 3.63) is 60.4 Å². The minimum Gasteiger partial charge on any atom is -0.468 e. The molecular weight excluding hydrogens is 397 g/mol. The summed E-state index contributed by atoms with van der Waals surface area (Å²) in [6, 6.07) is 13.0. The number of benzene rings is 2. The summed E-state index contributed by atoms with van der Waals surface area (Å²) in [5, 5.41) is 2.75. The quantitative estimate of drug-likeness (QED) is 0.576. The van der Waals surface area contributed by atoms with Crippen LogP contribution in [-0.2, 0) is 19.1 Å². The van der Waals surface area contributed by atoms with Crippen molar-refractivity contribution in [2.75, 3.05) is 23.9 Å². The Morgan fingerprint density at radius 2 is 1.79 bits per heavy atom. The van der Waals surface area contributed by atoms with Gasteiger partial charge in [-0.25, -0.2) is 4.39 Å². The lowest BCUT2D eigenvalue weighted by atomic mass is 10.1. The number of nitrogens with zero attached hydrogens (tertiary/aromatic N) is 2. The summed E-state index contributed by atoms with van der Waals surface area (Å²) < 4.78 is 17.9. The zero-order chi connectivity index (χ0) is 21.0. The number of hydrogen-bond donors (Lipinski definition) is 1. The molecule has 0 aromatic heterocycles. The molecule has 1 fully saturated rings. The minimum absolute atomic E-state index is 0.0459. The molecule has 2 amide bonds. The van der Waals surface area contributed by atoms with Gasteiger partial charge in [0.05, 0.1) is 19.2 Å². The number of ether oxygens (including phenoxy) is 1. The van der Waals surface area contributed by atoms with Crippen molar-refractivity contribution >= 4 is 46.5 Å². The largest absolute Gasteiger partial charge is 0.468 e. The second kappa shape index (κ2) is 8.78. The number of carbonyl (C=O) groups excluding carboxylic acids is 3. The van der Waals surface area contributed by atoms with Gasteiger partial charge in [0.25, 0.3) is 5.91 Å². The van der Waals surface area contributed by atoms with Gasteiger partial charge in [-0.1, -0.05) is 18.2 Å². The lowest BCUT2D eigenvalue weighted by Gasteiger charge is -2.22. The molecule has 7 nitrogen and oxygen atoms in total. The van der Waals surface area contributed by atoms with Gasteiger partial charge in [0.2, 0.25) is 5.91 Å². The third kappa shape index (κ3) is 4.57. The number of nitrogens with one attached hydrogen (secondary N) is 1. The average Bonchev–Trinajstić information content (AvgIpc) is 2.93. The fourth-order valence-corrected chi connectivity index (χ4v) is 3.34. The van der Waals surface area contributed by atoms with E-state index in [1.165, 1.54) is 41.2 Å². The maximum atomic E-state index is 13.3. The number of hydrogen-bond acceptors (Lipinski definition) is 5. The van der Waals surface area contributed by atoms with Crippen LogP contribution in [0.4, 0.5) is 15.8 Å². The highest BCUT2D eigenvalue weighted by Gasteiger charge is 2.45. The van der Waals surface area contributed by atoms with Crippen LogP contribution in [0.15, 0.2) is 54.6 Å². The van der Waals surface area contributed by atoms with Gasteiger partial charge in [-0.05, 0) is 48.6 Å². The Hall–Kier alpha value is -3.33. The Labute approximate surface area is 172 Å². The molecule has 2 aromatic carbocycles. The summed E-state index contributed by atoms with van der Waals surface area (Å²) in [4.78, 5) is 39.9.